The number of hydrogen-bond donors (Lipinski definition) is 2. The molecule has 21 heavy (non-hydrogen) atoms. The number of nitrogens with zero attached hydrogens (tertiary/aromatic N) is 1. The molecule has 1 aliphatic carbocycles. The van der Waals surface area contributed by atoms with Crippen LogP contribution in [-0.4, -0.2) is 16.4 Å². The highest BCUT2D eigenvalue weighted by atomic mass is 79.9. The monoisotopic (exact) mass is 355 g/mol. The lowest BCUT2D eigenvalue weighted by Crippen LogP contribution is -2.44. The Morgan fingerprint density at radius 1 is 1.38 bits per heavy atom. The highest BCUT2D eigenvalue weighted by Gasteiger charge is 2.30. The Labute approximate surface area is 131 Å². The number of hydrogen-bond acceptors (Lipinski definition) is 4. The van der Waals surface area contributed by atoms with Gasteiger partial charge in [0.1, 0.15) is 0 Å². The summed E-state index contributed by atoms with van der Waals surface area (Å²) in [7, 11) is 0. The number of halogens is 1. The van der Waals surface area contributed by atoms with E-state index in [1.807, 2.05) is 0 Å². The van der Waals surface area contributed by atoms with Crippen LogP contribution in [0.15, 0.2) is 22.7 Å². The molecule has 1 aliphatic rings. The number of rotatable bonds is 4. The molecular formula is C14H18BrN3O3. The van der Waals surface area contributed by atoms with Crippen molar-refractivity contribution in [2.24, 2.45) is 5.73 Å². The minimum Gasteiger partial charge on any atom is -0.325 e. The van der Waals surface area contributed by atoms with Crippen LogP contribution >= 0.6 is 15.9 Å². The van der Waals surface area contributed by atoms with Crippen molar-refractivity contribution in [1.82, 2.24) is 0 Å². The summed E-state index contributed by atoms with van der Waals surface area (Å²) in [6.45, 7) is 0. The van der Waals surface area contributed by atoms with Gasteiger partial charge in [0.2, 0.25) is 5.91 Å². The molecule has 0 saturated heterocycles. The molecular weight excluding hydrogens is 338 g/mol. The summed E-state index contributed by atoms with van der Waals surface area (Å²) in [6, 6.07) is 4.25. The van der Waals surface area contributed by atoms with E-state index < -0.39 is 10.5 Å². The maximum Gasteiger partial charge on any atom is 0.270 e. The minimum absolute atomic E-state index is 0.0255. The molecule has 0 spiro atoms. The van der Waals surface area contributed by atoms with Gasteiger partial charge in [-0.1, -0.05) is 19.3 Å². The maximum absolute atomic E-state index is 12.1. The van der Waals surface area contributed by atoms with E-state index in [-0.39, 0.29) is 18.0 Å². The number of benzene rings is 1. The highest BCUT2D eigenvalue weighted by Crippen LogP contribution is 2.30. The largest absolute Gasteiger partial charge is 0.325 e. The van der Waals surface area contributed by atoms with E-state index in [0.29, 0.717) is 10.2 Å². The van der Waals surface area contributed by atoms with Gasteiger partial charge < -0.3 is 11.1 Å². The van der Waals surface area contributed by atoms with E-state index in [1.165, 1.54) is 24.6 Å². The van der Waals surface area contributed by atoms with Gasteiger partial charge in [0.25, 0.3) is 5.69 Å². The number of anilines is 1. The summed E-state index contributed by atoms with van der Waals surface area (Å²) in [5.41, 5.74) is 6.33. The van der Waals surface area contributed by atoms with Crippen LogP contribution in [0.3, 0.4) is 0 Å². The third kappa shape index (κ3) is 4.25. The van der Waals surface area contributed by atoms with E-state index in [4.69, 9.17) is 5.73 Å². The first kappa shape index (κ1) is 15.9. The molecule has 1 aromatic carbocycles. The summed E-state index contributed by atoms with van der Waals surface area (Å²) in [6.07, 6.45) is 5.30. The number of nitrogens with one attached hydrogen (secondary N) is 1. The second-order valence-electron chi connectivity index (χ2n) is 5.57. The first-order valence-corrected chi connectivity index (χ1v) is 7.72. The summed E-state index contributed by atoms with van der Waals surface area (Å²) < 4.78 is 0.486. The molecule has 0 aliphatic heterocycles. The molecule has 7 heteroatoms. The summed E-state index contributed by atoms with van der Waals surface area (Å²) >= 11 is 3.23. The van der Waals surface area contributed by atoms with Gasteiger partial charge in [0.05, 0.1) is 10.6 Å². The van der Waals surface area contributed by atoms with Crippen molar-refractivity contribution in [1.29, 1.82) is 0 Å². The van der Waals surface area contributed by atoms with Crippen LogP contribution < -0.4 is 11.1 Å². The predicted molar refractivity (Wildman–Crippen MR) is 84.0 cm³/mol. The third-order valence-electron chi connectivity index (χ3n) is 3.80. The number of nitrogens with two attached hydrogens (primary N) is 1. The average molecular weight is 356 g/mol. The maximum atomic E-state index is 12.1. The van der Waals surface area contributed by atoms with Crippen molar-refractivity contribution < 1.29 is 9.72 Å². The minimum atomic E-state index is -0.479. The molecule has 0 aromatic heterocycles. The SMILES string of the molecule is NC1(CC(=O)Nc2ccc([N+](=O)[O-])cc2Br)CCCCC1. The highest BCUT2D eigenvalue weighted by molar-refractivity contribution is 9.10. The standard InChI is InChI=1S/C14H18BrN3O3/c15-11-8-10(18(20)21)4-5-12(11)17-13(19)9-14(16)6-2-1-3-7-14/h4-5,8H,1-3,6-7,9,16H2,(H,17,19). The lowest BCUT2D eigenvalue weighted by atomic mass is 9.80. The van der Waals surface area contributed by atoms with Crippen molar-refractivity contribution in [2.45, 2.75) is 44.1 Å². The van der Waals surface area contributed by atoms with Crippen molar-refractivity contribution in [2.75, 3.05) is 5.32 Å². The van der Waals surface area contributed by atoms with Gasteiger partial charge in [-0.2, -0.15) is 0 Å². The smallest absolute Gasteiger partial charge is 0.270 e. The molecule has 1 saturated carbocycles. The summed E-state index contributed by atoms with van der Waals surface area (Å²) in [4.78, 5) is 22.3. The fraction of sp³-hybridized carbons (Fsp3) is 0.500. The van der Waals surface area contributed by atoms with Gasteiger partial charge >= 0.3 is 0 Å². The molecule has 0 heterocycles. The first-order valence-electron chi connectivity index (χ1n) is 6.92. The first-order chi connectivity index (χ1) is 9.89. The van der Waals surface area contributed by atoms with Gasteiger partial charge in [-0.3, -0.25) is 14.9 Å². The zero-order valence-electron chi connectivity index (χ0n) is 11.6. The van der Waals surface area contributed by atoms with E-state index in [0.717, 1.165) is 25.7 Å². The van der Waals surface area contributed by atoms with E-state index in [2.05, 4.69) is 21.2 Å². The van der Waals surface area contributed by atoms with Crippen LogP contribution in [-0.2, 0) is 4.79 Å². The Bertz CT molecular complexity index is 556. The van der Waals surface area contributed by atoms with Crippen LogP contribution in [0.5, 0.6) is 0 Å². The lowest BCUT2D eigenvalue weighted by Gasteiger charge is -2.32. The predicted octanol–water partition coefficient (Wildman–Crippen LogP) is 3.35. The molecule has 0 radical (unpaired) electrons. The number of carbonyl (C=O) groups is 1. The van der Waals surface area contributed by atoms with E-state index >= 15 is 0 Å². The van der Waals surface area contributed by atoms with Crippen molar-refractivity contribution in [3.8, 4) is 0 Å². The summed E-state index contributed by atoms with van der Waals surface area (Å²) in [5.74, 6) is -0.158. The fourth-order valence-electron chi connectivity index (χ4n) is 2.67. The molecule has 0 unspecified atom stereocenters. The topological polar surface area (TPSA) is 98.3 Å². The van der Waals surface area contributed by atoms with Crippen LogP contribution in [0.1, 0.15) is 38.5 Å². The average Bonchev–Trinajstić information content (AvgIpc) is 2.41. The van der Waals surface area contributed by atoms with Crippen LogP contribution in [0, 0.1) is 10.1 Å². The number of amides is 1. The molecule has 0 atom stereocenters. The zero-order chi connectivity index (χ0) is 15.5. The van der Waals surface area contributed by atoms with Gasteiger partial charge in [-0.25, -0.2) is 0 Å². The van der Waals surface area contributed by atoms with E-state index in [9.17, 15) is 14.9 Å². The number of nitro benzene ring substituents is 1. The molecule has 1 fully saturated rings. The molecule has 3 N–H and O–H groups in total. The van der Waals surface area contributed by atoms with E-state index in [1.54, 1.807) is 0 Å². The zero-order valence-corrected chi connectivity index (χ0v) is 13.2. The summed E-state index contributed by atoms with van der Waals surface area (Å²) in [5, 5.41) is 13.4. The van der Waals surface area contributed by atoms with Gasteiger partial charge in [0, 0.05) is 28.6 Å². The Kier molecular flexibility index (Phi) is 4.95. The Hall–Kier alpha value is -1.47. The molecule has 0 bridgehead atoms. The van der Waals surface area contributed by atoms with Crippen molar-refractivity contribution in [3.63, 3.8) is 0 Å². The number of non-ortho nitro benzene ring substituents is 1. The van der Waals surface area contributed by atoms with Crippen molar-refractivity contribution >= 4 is 33.2 Å². The van der Waals surface area contributed by atoms with Crippen LogP contribution in [0.4, 0.5) is 11.4 Å². The van der Waals surface area contributed by atoms with Gasteiger partial charge in [0.15, 0.2) is 0 Å². The molecule has 114 valence electrons. The Balaban J connectivity index is 2.01. The second-order valence-corrected chi connectivity index (χ2v) is 6.42. The van der Waals surface area contributed by atoms with Crippen LogP contribution in [0.2, 0.25) is 0 Å². The van der Waals surface area contributed by atoms with Crippen LogP contribution in [0.25, 0.3) is 0 Å². The van der Waals surface area contributed by atoms with Gasteiger partial charge in [-0.05, 0) is 34.8 Å². The fourth-order valence-corrected chi connectivity index (χ4v) is 3.13. The third-order valence-corrected chi connectivity index (χ3v) is 4.46. The quantitative estimate of drug-likeness (QED) is 0.638. The molecule has 2 rings (SSSR count). The van der Waals surface area contributed by atoms with Gasteiger partial charge in [-0.15, -0.1) is 0 Å². The Morgan fingerprint density at radius 3 is 2.62 bits per heavy atom. The molecule has 6 nitrogen and oxygen atoms in total. The normalized spacial score (nSPS) is 17.2. The number of carbonyl (C=O) groups excluding carboxylic acids is 1. The van der Waals surface area contributed by atoms with Crippen molar-refractivity contribution in [3.05, 3.63) is 32.8 Å². The second kappa shape index (κ2) is 6.53. The lowest BCUT2D eigenvalue weighted by molar-refractivity contribution is -0.384. The Morgan fingerprint density at radius 2 is 2.05 bits per heavy atom. The molecule has 1 amide bonds. The molecule has 1 aromatic rings. The number of nitro groups is 1.